The second kappa shape index (κ2) is 6.83. The number of carboxylic acid groups (broad SMARTS) is 1. The molecule has 4 atom stereocenters. The molecule has 5 heteroatoms. The summed E-state index contributed by atoms with van der Waals surface area (Å²) in [5.74, 6) is -0.809. The third kappa shape index (κ3) is 3.17. The van der Waals surface area contributed by atoms with Crippen LogP contribution in [0.1, 0.15) is 19.3 Å². The van der Waals surface area contributed by atoms with E-state index in [9.17, 15) is 14.7 Å². The minimum Gasteiger partial charge on any atom is -0.550 e. The molecule has 5 nitrogen and oxygen atoms in total. The summed E-state index contributed by atoms with van der Waals surface area (Å²) < 4.78 is 5.73. The van der Waals surface area contributed by atoms with Crippen molar-refractivity contribution in [3.05, 3.63) is 54.6 Å². The van der Waals surface area contributed by atoms with E-state index in [1.807, 2.05) is 30.3 Å². The summed E-state index contributed by atoms with van der Waals surface area (Å²) in [7, 11) is 0. The number of benzene rings is 2. The first-order valence-corrected chi connectivity index (χ1v) is 8.96. The summed E-state index contributed by atoms with van der Waals surface area (Å²) in [6.07, 6.45) is 2.63. The monoisotopic (exact) mass is 350 g/mol. The van der Waals surface area contributed by atoms with Crippen LogP contribution in [0.25, 0.3) is 0 Å². The Hall–Kier alpha value is -2.82. The summed E-state index contributed by atoms with van der Waals surface area (Å²) >= 11 is 0. The highest BCUT2D eigenvalue weighted by Crippen LogP contribution is 2.52. The maximum atomic E-state index is 12.7. The molecule has 2 aromatic carbocycles. The molecule has 2 saturated carbocycles. The number of hydrogen-bond donors (Lipinski definition) is 1. The van der Waals surface area contributed by atoms with Gasteiger partial charge in [0.05, 0.1) is 0 Å². The largest absolute Gasteiger partial charge is 0.550 e. The van der Waals surface area contributed by atoms with E-state index in [4.69, 9.17) is 4.74 Å². The maximum absolute atomic E-state index is 12.7. The van der Waals surface area contributed by atoms with Crippen LogP contribution in [0, 0.1) is 23.7 Å². The Morgan fingerprint density at radius 3 is 2.15 bits per heavy atom. The van der Waals surface area contributed by atoms with Crippen molar-refractivity contribution in [3.8, 4) is 11.5 Å². The van der Waals surface area contributed by atoms with Gasteiger partial charge in [-0.25, -0.2) is 0 Å². The molecule has 0 unspecified atom stereocenters. The molecule has 0 spiro atoms. The van der Waals surface area contributed by atoms with Crippen LogP contribution < -0.4 is 15.2 Å². The molecule has 4 rings (SSSR count). The van der Waals surface area contributed by atoms with Crippen molar-refractivity contribution in [2.45, 2.75) is 19.3 Å². The number of carboxylic acids is 1. The van der Waals surface area contributed by atoms with E-state index >= 15 is 0 Å². The Labute approximate surface area is 152 Å². The topological polar surface area (TPSA) is 78.5 Å². The van der Waals surface area contributed by atoms with Crippen molar-refractivity contribution in [3.63, 3.8) is 0 Å². The number of amides is 1. The van der Waals surface area contributed by atoms with Crippen molar-refractivity contribution < 1.29 is 19.4 Å². The van der Waals surface area contributed by atoms with Crippen LogP contribution in [0.15, 0.2) is 54.6 Å². The minimum absolute atomic E-state index is 0.0856. The van der Waals surface area contributed by atoms with Gasteiger partial charge >= 0.3 is 0 Å². The molecule has 2 aromatic rings. The second-order valence-electron chi connectivity index (χ2n) is 7.13. The SMILES string of the molecule is O=C([O-])[C@@H]1[C@@H]2CC[C@@H](C2)[C@H]1C(=O)Nc1ccc(Oc2ccccc2)cc1. The summed E-state index contributed by atoms with van der Waals surface area (Å²) in [6.45, 7) is 0. The van der Waals surface area contributed by atoms with Crippen molar-refractivity contribution in [1.29, 1.82) is 0 Å². The molecular weight excluding hydrogens is 330 g/mol. The van der Waals surface area contributed by atoms with Gasteiger partial charge in [0.2, 0.25) is 5.91 Å². The van der Waals surface area contributed by atoms with E-state index < -0.39 is 17.8 Å². The molecule has 0 aromatic heterocycles. The van der Waals surface area contributed by atoms with Crippen molar-refractivity contribution in [2.75, 3.05) is 5.32 Å². The number of carbonyl (C=O) groups is 2. The predicted octanol–water partition coefficient (Wildman–Crippen LogP) is 2.83. The average Bonchev–Trinajstić information content (AvgIpc) is 3.25. The molecule has 0 heterocycles. The van der Waals surface area contributed by atoms with Crippen molar-refractivity contribution >= 4 is 17.6 Å². The van der Waals surface area contributed by atoms with Gasteiger partial charge in [-0.2, -0.15) is 0 Å². The van der Waals surface area contributed by atoms with Crippen LogP contribution in [0.2, 0.25) is 0 Å². The van der Waals surface area contributed by atoms with Crippen LogP contribution in [0.3, 0.4) is 0 Å². The van der Waals surface area contributed by atoms with E-state index in [-0.39, 0.29) is 17.7 Å². The summed E-state index contributed by atoms with van der Waals surface area (Å²) in [5, 5.41) is 14.3. The number of fused-ring (bicyclic) bond motifs is 2. The standard InChI is InChI=1S/C21H21NO4/c23-20(18-13-6-7-14(12-13)19(18)21(24)25)22-15-8-10-17(11-9-15)26-16-4-2-1-3-5-16/h1-5,8-11,13-14,18-19H,6-7,12H2,(H,22,23)(H,24,25)/p-1/t13-,14+,18+,19+/m0/s1. The fourth-order valence-corrected chi connectivity index (χ4v) is 4.46. The van der Waals surface area contributed by atoms with Crippen LogP contribution in [-0.4, -0.2) is 11.9 Å². The molecule has 2 fully saturated rings. The first-order valence-electron chi connectivity index (χ1n) is 8.96. The van der Waals surface area contributed by atoms with Gasteiger partial charge in [-0.3, -0.25) is 4.79 Å². The Balaban J connectivity index is 1.42. The van der Waals surface area contributed by atoms with E-state index in [1.165, 1.54) is 0 Å². The number of hydrogen-bond acceptors (Lipinski definition) is 4. The lowest BCUT2D eigenvalue weighted by molar-refractivity contribution is -0.314. The number of anilines is 1. The van der Waals surface area contributed by atoms with E-state index in [1.54, 1.807) is 24.3 Å². The van der Waals surface area contributed by atoms with Gasteiger partial charge in [-0.05, 0) is 67.5 Å². The third-order valence-electron chi connectivity index (χ3n) is 5.59. The normalized spacial score (nSPS) is 26.5. The fourth-order valence-electron chi connectivity index (χ4n) is 4.46. The number of para-hydroxylation sites is 1. The highest BCUT2D eigenvalue weighted by molar-refractivity contribution is 5.95. The second-order valence-corrected chi connectivity index (χ2v) is 7.13. The van der Waals surface area contributed by atoms with Gasteiger partial charge in [0.15, 0.2) is 0 Å². The smallest absolute Gasteiger partial charge is 0.228 e. The number of ether oxygens (including phenoxy) is 1. The molecule has 0 radical (unpaired) electrons. The average molecular weight is 350 g/mol. The van der Waals surface area contributed by atoms with E-state index in [0.29, 0.717) is 11.4 Å². The molecule has 2 aliphatic carbocycles. The van der Waals surface area contributed by atoms with Crippen molar-refractivity contribution in [1.82, 2.24) is 0 Å². The highest BCUT2D eigenvalue weighted by Gasteiger charge is 2.51. The first kappa shape index (κ1) is 16.6. The predicted molar refractivity (Wildman–Crippen MR) is 94.4 cm³/mol. The Bertz CT molecular complexity index is 803. The first-order chi connectivity index (χ1) is 12.6. The molecule has 2 aliphatic rings. The quantitative estimate of drug-likeness (QED) is 0.899. The number of rotatable bonds is 5. The van der Waals surface area contributed by atoms with Gasteiger partial charge in [-0.1, -0.05) is 18.2 Å². The fraction of sp³-hybridized carbons (Fsp3) is 0.333. The van der Waals surface area contributed by atoms with Crippen molar-refractivity contribution in [2.24, 2.45) is 23.7 Å². The van der Waals surface area contributed by atoms with Gasteiger partial charge < -0.3 is 20.0 Å². The van der Waals surface area contributed by atoms with Gasteiger partial charge in [-0.15, -0.1) is 0 Å². The Morgan fingerprint density at radius 1 is 0.885 bits per heavy atom. The van der Waals surface area contributed by atoms with Crippen LogP contribution in [0.5, 0.6) is 11.5 Å². The zero-order valence-electron chi connectivity index (χ0n) is 14.3. The summed E-state index contributed by atoms with van der Waals surface area (Å²) in [6, 6.07) is 16.5. The lowest BCUT2D eigenvalue weighted by atomic mass is 9.78. The summed E-state index contributed by atoms with van der Waals surface area (Å²) in [5.41, 5.74) is 0.635. The maximum Gasteiger partial charge on any atom is 0.228 e. The van der Waals surface area contributed by atoms with E-state index in [0.717, 1.165) is 25.0 Å². The third-order valence-corrected chi connectivity index (χ3v) is 5.59. The van der Waals surface area contributed by atoms with Gasteiger partial charge in [0, 0.05) is 23.5 Å². The van der Waals surface area contributed by atoms with Crippen LogP contribution >= 0.6 is 0 Å². The molecule has 134 valence electrons. The molecule has 1 amide bonds. The molecule has 2 bridgehead atoms. The molecular formula is C21H20NO4-. The Morgan fingerprint density at radius 2 is 1.50 bits per heavy atom. The molecule has 0 aliphatic heterocycles. The number of nitrogens with one attached hydrogen (secondary N) is 1. The summed E-state index contributed by atoms with van der Waals surface area (Å²) in [4.78, 5) is 24.1. The number of carbonyl (C=O) groups excluding carboxylic acids is 2. The molecule has 1 N–H and O–H groups in total. The van der Waals surface area contributed by atoms with Crippen LogP contribution in [-0.2, 0) is 9.59 Å². The van der Waals surface area contributed by atoms with E-state index in [2.05, 4.69) is 5.32 Å². The highest BCUT2D eigenvalue weighted by atomic mass is 16.5. The zero-order chi connectivity index (χ0) is 18.1. The Kier molecular flexibility index (Phi) is 4.37. The van der Waals surface area contributed by atoms with Gasteiger partial charge in [0.1, 0.15) is 11.5 Å². The van der Waals surface area contributed by atoms with Crippen LogP contribution in [0.4, 0.5) is 5.69 Å². The zero-order valence-corrected chi connectivity index (χ0v) is 14.3. The lowest BCUT2D eigenvalue weighted by Crippen LogP contribution is -2.43. The lowest BCUT2D eigenvalue weighted by Gasteiger charge is -2.30. The molecule has 26 heavy (non-hydrogen) atoms. The van der Waals surface area contributed by atoms with Gasteiger partial charge in [0.25, 0.3) is 0 Å². The molecule has 0 saturated heterocycles. The number of aliphatic carboxylic acids is 1. The minimum atomic E-state index is -1.09.